The first-order valence-electron chi connectivity index (χ1n) is 5.99. The second kappa shape index (κ2) is 5.84. The Morgan fingerprint density at radius 3 is 2.11 bits per heavy atom. The number of nitrogens with zero attached hydrogens (tertiary/aromatic N) is 1. The molecule has 0 radical (unpaired) electrons. The van der Waals surface area contributed by atoms with E-state index in [1.165, 1.54) is 0 Å². The van der Waals surface area contributed by atoms with Crippen LogP contribution in [0.3, 0.4) is 0 Å². The largest absolute Gasteiger partial charge is 0.198 e. The monoisotopic (exact) mass is 233 g/mol. The van der Waals surface area contributed by atoms with Crippen molar-refractivity contribution >= 4 is 5.57 Å². The van der Waals surface area contributed by atoms with Crippen LogP contribution in [0, 0.1) is 11.3 Å². The van der Waals surface area contributed by atoms with E-state index in [4.69, 9.17) is 5.26 Å². The molecule has 88 valence electrons. The van der Waals surface area contributed by atoms with E-state index in [0.717, 1.165) is 16.7 Å². The average Bonchev–Trinajstić information content (AvgIpc) is 2.46. The summed E-state index contributed by atoms with van der Waals surface area (Å²) in [6, 6.07) is 22.4. The molecule has 2 aromatic carbocycles. The highest BCUT2D eigenvalue weighted by Crippen LogP contribution is 2.32. The van der Waals surface area contributed by atoms with E-state index in [-0.39, 0.29) is 5.92 Å². The van der Waals surface area contributed by atoms with Gasteiger partial charge in [-0.05, 0) is 16.7 Å². The molecule has 0 aliphatic heterocycles. The molecule has 0 heterocycles. The van der Waals surface area contributed by atoms with Crippen LogP contribution in [-0.2, 0) is 0 Å². The fourth-order valence-corrected chi connectivity index (χ4v) is 2.07. The van der Waals surface area contributed by atoms with Crippen molar-refractivity contribution in [2.45, 2.75) is 12.3 Å². The molecule has 0 aromatic heterocycles. The fraction of sp³-hybridized carbons (Fsp3) is 0.118. The van der Waals surface area contributed by atoms with Gasteiger partial charge in [0.2, 0.25) is 0 Å². The van der Waals surface area contributed by atoms with E-state index in [1.54, 1.807) is 0 Å². The van der Waals surface area contributed by atoms with Gasteiger partial charge in [0.05, 0.1) is 6.07 Å². The van der Waals surface area contributed by atoms with Gasteiger partial charge in [-0.15, -0.1) is 0 Å². The summed E-state index contributed by atoms with van der Waals surface area (Å²) in [6.45, 7) is 4.17. The maximum absolute atomic E-state index is 9.00. The number of benzene rings is 2. The van der Waals surface area contributed by atoms with Gasteiger partial charge >= 0.3 is 0 Å². The Balaban J connectivity index is 2.32. The molecule has 0 N–H and O–H groups in total. The van der Waals surface area contributed by atoms with Crippen molar-refractivity contribution in [3.8, 4) is 6.07 Å². The van der Waals surface area contributed by atoms with Gasteiger partial charge in [0.25, 0.3) is 0 Å². The van der Waals surface area contributed by atoms with Gasteiger partial charge in [-0.25, -0.2) is 0 Å². The standard InChI is InChI=1S/C17H15N/c1-14(15-8-4-2-5-9-15)17(12-13-18)16-10-6-3-7-11-16/h2-11,17H,1,12H2. The van der Waals surface area contributed by atoms with Crippen LogP contribution >= 0.6 is 0 Å². The molecule has 18 heavy (non-hydrogen) atoms. The van der Waals surface area contributed by atoms with Crippen LogP contribution < -0.4 is 0 Å². The van der Waals surface area contributed by atoms with Crippen LogP contribution in [0.2, 0.25) is 0 Å². The third kappa shape index (κ3) is 2.67. The van der Waals surface area contributed by atoms with Gasteiger partial charge in [-0.2, -0.15) is 5.26 Å². The van der Waals surface area contributed by atoms with Gasteiger partial charge in [-0.1, -0.05) is 67.2 Å². The lowest BCUT2D eigenvalue weighted by atomic mass is 9.86. The SMILES string of the molecule is C=C(c1ccccc1)C(CC#N)c1ccccc1. The highest BCUT2D eigenvalue weighted by Gasteiger charge is 2.15. The number of allylic oxidation sites excluding steroid dienone is 1. The smallest absolute Gasteiger partial charge is 0.0631 e. The summed E-state index contributed by atoms with van der Waals surface area (Å²) < 4.78 is 0. The third-order valence-corrected chi connectivity index (χ3v) is 3.06. The first kappa shape index (κ1) is 12.1. The van der Waals surface area contributed by atoms with E-state index in [2.05, 4.69) is 24.8 Å². The number of rotatable bonds is 4. The molecule has 1 atom stereocenters. The molecule has 0 saturated heterocycles. The summed E-state index contributed by atoms with van der Waals surface area (Å²) in [7, 11) is 0. The van der Waals surface area contributed by atoms with Crippen LogP contribution in [0.1, 0.15) is 23.5 Å². The summed E-state index contributed by atoms with van der Waals surface area (Å²) in [5, 5.41) is 9.00. The van der Waals surface area contributed by atoms with E-state index in [1.807, 2.05) is 48.5 Å². The molecule has 1 heteroatoms. The molecule has 1 nitrogen and oxygen atoms in total. The molecule has 0 saturated carbocycles. The fourth-order valence-electron chi connectivity index (χ4n) is 2.07. The Kier molecular flexibility index (Phi) is 3.94. The van der Waals surface area contributed by atoms with Crippen LogP contribution in [0.15, 0.2) is 67.2 Å². The first-order valence-corrected chi connectivity index (χ1v) is 5.99. The zero-order chi connectivity index (χ0) is 12.8. The Bertz CT molecular complexity index is 549. The second-order valence-corrected chi connectivity index (χ2v) is 4.22. The summed E-state index contributed by atoms with van der Waals surface area (Å²) in [5.41, 5.74) is 3.25. The minimum absolute atomic E-state index is 0.0681. The lowest BCUT2D eigenvalue weighted by Gasteiger charge is -2.17. The van der Waals surface area contributed by atoms with Gasteiger partial charge in [0, 0.05) is 12.3 Å². The Morgan fingerprint density at radius 1 is 1.00 bits per heavy atom. The molecule has 0 aliphatic carbocycles. The van der Waals surface area contributed by atoms with Crippen LogP contribution in [0.4, 0.5) is 0 Å². The van der Waals surface area contributed by atoms with E-state index >= 15 is 0 Å². The topological polar surface area (TPSA) is 23.8 Å². The molecule has 0 spiro atoms. The van der Waals surface area contributed by atoms with Crippen molar-refractivity contribution in [3.63, 3.8) is 0 Å². The minimum Gasteiger partial charge on any atom is -0.198 e. The van der Waals surface area contributed by atoms with Crippen molar-refractivity contribution in [2.24, 2.45) is 0 Å². The number of nitriles is 1. The summed E-state index contributed by atoms with van der Waals surface area (Å²) in [5.74, 6) is 0.0681. The van der Waals surface area contributed by atoms with Gasteiger partial charge in [0.15, 0.2) is 0 Å². The average molecular weight is 233 g/mol. The highest BCUT2D eigenvalue weighted by atomic mass is 14.3. The van der Waals surface area contributed by atoms with Crippen LogP contribution in [0.5, 0.6) is 0 Å². The molecule has 2 rings (SSSR count). The maximum Gasteiger partial charge on any atom is 0.0631 e. The lowest BCUT2D eigenvalue weighted by molar-refractivity contribution is 0.894. The lowest BCUT2D eigenvalue weighted by Crippen LogP contribution is -2.00. The summed E-state index contributed by atoms with van der Waals surface area (Å²) in [4.78, 5) is 0. The summed E-state index contributed by atoms with van der Waals surface area (Å²) in [6.07, 6.45) is 0.456. The zero-order valence-corrected chi connectivity index (χ0v) is 10.2. The molecule has 0 bridgehead atoms. The van der Waals surface area contributed by atoms with Crippen molar-refractivity contribution in [2.75, 3.05) is 0 Å². The van der Waals surface area contributed by atoms with Crippen molar-refractivity contribution < 1.29 is 0 Å². The quantitative estimate of drug-likeness (QED) is 0.768. The van der Waals surface area contributed by atoms with Crippen molar-refractivity contribution in [1.82, 2.24) is 0 Å². The van der Waals surface area contributed by atoms with Crippen LogP contribution in [-0.4, -0.2) is 0 Å². The third-order valence-electron chi connectivity index (χ3n) is 3.06. The predicted molar refractivity (Wildman–Crippen MR) is 74.9 cm³/mol. The zero-order valence-electron chi connectivity index (χ0n) is 10.2. The highest BCUT2D eigenvalue weighted by molar-refractivity contribution is 5.69. The normalized spacial score (nSPS) is 11.5. The number of hydrogen-bond donors (Lipinski definition) is 0. The van der Waals surface area contributed by atoms with Gasteiger partial charge < -0.3 is 0 Å². The van der Waals surface area contributed by atoms with Crippen molar-refractivity contribution in [3.05, 3.63) is 78.4 Å². The predicted octanol–water partition coefficient (Wildman–Crippen LogP) is 4.40. The van der Waals surface area contributed by atoms with E-state index < -0.39 is 0 Å². The minimum atomic E-state index is 0.0681. The Hall–Kier alpha value is -2.33. The van der Waals surface area contributed by atoms with Crippen molar-refractivity contribution in [1.29, 1.82) is 5.26 Å². The first-order chi connectivity index (χ1) is 8.83. The molecule has 2 aromatic rings. The maximum atomic E-state index is 9.00. The molecule has 0 amide bonds. The Morgan fingerprint density at radius 2 is 1.56 bits per heavy atom. The van der Waals surface area contributed by atoms with E-state index in [0.29, 0.717) is 6.42 Å². The van der Waals surface area contributed by atoms with Gasteiger partial charge in [0.1, 0.15) is 0 Å². The molecule has 1 unspecified atom stereocenters. The van der Waals surface area contributed by atoms with Gasteiger partial charge in [-0.3, -0.25) is 0 Å². The Labute approximate surface area is 108 Å². The second-order valence-electron chi connectivity index (χ2n) is 4.22. The number of hydrogen-bond acceptors (Lipinski definition) is 1. The molecule has 0 aliphatic rings. The molecular formula is C17H15N. The summed E-state index contributed by atoms with van der Waals surface area (Å²) >= 11 is 0. The molecule has 0 fully saturated rings. The molecular weight excluding hydrogens is 218 g/mol. The van der Waals surface area contributed by atoms with E-state index in [9.17, 15) is 0 Å². The van der Waals surface area contributed by atoms with Crippen LogP contribution in [0.25, 0.3) is 5.57 Å².